The first-order valence-electron chi connectivity index (χ1n) is 18.2. The number of hydrogen-bond donors (Lipinski definition) is 5. The Hall–Kier alpha value is -5.12. The smallest absolute Gasteiger partial charge is 0.243 e. The van der Waals surface area contributed by atoms with Crippen LogP contribution in [0.3, 0.4) is 0 Å². The number of nitrogen functional groups attached to an aromatic ring is 1. The van der Waals surface area contributed by atoms with Crippen LogP contribution in [-0.2, 0) is 14.4 Å². The van der Waals surface area contributed by atoms with Crippen molar-refractivity contribution in [3.05, 3.63) is 71.4 Å². The van der Waals surface area contributed by atoms with Gasteiger partial charge in [0, 0.05) is 44.7 Å². The normalized spacial score (nSPS) is 18.7. The highest BCUT2D eigenvalue weighted by Crippen LogP contribution is 2.32. The van der Waals surface area contributed by atoms with E-state index in [1.807, 2.05) is 69.3 Å². The van der Waals surface area contributed by atoms with Crippen LogP contribution in [0.15, 0.2) is 60.1 Å². The van der Waals surface area contributed by atoms with Gasteiger partial charge in [0.1, 0.15) is 11.8 Å². The second-order valence-electron chi connectivity index (χ2n) is 15.1. The molecule has 0 bridgehead atoms. The predicted molar refractivity (Wildman–Crippen MR) is 209 cm³/mol. The Morgan fingerprint density at radius 1 is 1.04 bits per heavy atom. The minimum absolute atomic E-state index is 0.0248. The summed E-state index contributed by atoms with van der Waals surface area (Å²) in [6.07, 6.45) is -0.723. The first-order chi connectivity index (χ1) is 25.7. The molecule has 2 aromatic heterocycles. The number of carbonyl (C=O) groups is 3. The van der Waals surface area contributed by atoms with Crippen LogP contribution in [0.4, 0.5) is 11.5 Å². The Bertz CT molecular complexity index is 1970. The zero-order valence-electron chi connectivity index (χ0n) is 31.3. The van der Waals surface area contributed by atoms with Gasteiger partial charge in [0.25, 0.3) is 0 Å². The van der Waals surface area contributed by atoms with Gasteiger partial charge in [-0.2, -0.15) is 0 Å². The van der Waals surface area contributed by atoms with Crippen molar-refractivity contribution in [3.8, 4) is 27.4 Å². The predicted octanol–water partition coefficient (Wildman–Crippen LogP) is 3.36. The second kappa shape index (κ2) is 16.1. The zero-order valence-corrected chi connectivity index (χ0v) is 32.1. The third-order valence-electron chi connectivity index (χ3n) is 10.2. The first-order valence-corrected chi connectivity index (χ1v) is 19.1. The van der Waals surface area contributed by atoms with Crippen LogP contribution in [0.1, 0.15) is 51.4 Å². The van der Waals surface area contributed by atoms with Gasteiger partial charge in [-0.15, -0.1) is 21.5 Å². The highest BCUT2D eigenvalue weighted by molar-refractivity contribution is 7.13. The number of nitrogens with one attached hydrogen (secondary N) is 2. The fourth-order valence-corrected chi connectivity index (χ4v) is 7.91. The van der Waals surface area contributed by atoms with Crippen molar-refractivity contribution in [3.63, 3.8) is 0 Å². The maximum absolute atomic E-state index is 14.2. The van der Waals surface area contributed by atoms with E-state index in [1.54, 1.807) is 46.6 Å². The van der Waals surface area contributed by atoms with Gasteiger partial charge in [-0.25, -0.2) is 4.98 Å². The third-order valence-corrected chi connectivity index (χ3v) is 11.1. The average Bonchev–Trinajstić information content (AvgIpc) is 3.76. The number of amides is 3. The summed E-state index contributed by atoms with van der Waals surface area (Å²) in [4.78, 5) is 52.0. The van der Waals surface area contributed by atoms with Crippen LogP contribution in [0.5, 0.6) is 5.75 Å². The van der Waals surface area contributed by atoms with Crippen molar-refractivity contribution >= 4 is 40.6 Å². The van der Waals surface area contributed by atoms with Gasteiger partial charge in [-0.1, -0.05) is 57.2 Å². The van der Waals surface area contributed by atoms with Crippen LogP contribution in [0.25, 0.3) is 21.7 Å². The number of rotatable bonds is 10. The molecule has 2 fully saturated rings. The Labute approximate surface area is 319 Å². The highest BCUT2D eigenvalue weighted by Gasteiger charge is 2.44. The number of anilines is 2. The molecule has 0 radical (unpaired) electrons. The molecule has 15 heteroatoms. The van der Waals surface area contributed by atoms with Gasteiger partial charge >= 0.3 is 0 Å². The number of aliphatic hydroxyl groups excluding tert-OH is 1. The van der Waals surface area contributed by atoms with Crippen molar-refractivity contribution in [2.45, 2.75) is 65.3 Å². The van der Waals surface area contributed by atoms with E-state index >= 15 is 0 Å². The lowest BCUT2D eigenvalue weighted by atomic mass is 9.85. The molecule has 54 heavy (non-hydrogen) atoms. The van der Waals surface area contributed by atoms with Crippen LogP contribution in [0, 0.1) is 12.3 Å². The van der Waals surface area contributed by atoms with E-state index in [1.165, 1.54) is 4.90 Å². The summed E-state index contributed by atoms with van der Waals surface area (Å²) < 4.78 is 0. The van der Waals surface area contributed by atoms with Gasteiger partial charge in [0.2, 0.25) is 17.7 Å². The van der Waals surface area contributed by atoms with E-state index in [0.717, 1.165) is 21.7 Å². The minimum Gasteiger partial charge on any atom is -0.507 e. The molecule has 6 N–H and O–H groups in total. The molecule has 4 aromatic rings. The molecule has 0 aliphatic carbocycles. The summed E-state index contributed by atoms with van der Waals surface area (Å²) in [5.74, 6) is -0.489. The second-order valence-corrected chi connectivity index (χ2v) is 15.9. The molecule has 2 saturated heterocycles. The molecule has 0 spiro atoms. The number of carbonyl (C=O) groups excluding carboxylic acids is 3. The maximum atomic E-state index is 14.2. The van der Waals surface area contributed by atoms with Gasteiger partial charge < -0.3 is 36.0 Å². The quantitative estimate of drug-likeness (QED) is 0.160. The van der Waals surface area contributed by atoms with Gasteiger partial charge in [-0.3, -0.25) is 19.7 Å². The number of β-amino-alcohol motifs (C(OH)–C–C–N with tert-alkyl or cyclic N) is 1. The Balaban J connectivity index is 1.05. The van der Waals surface area contributed by atoms with Crippen LogP contribution < -0.4 is 21.3 Å². The largest absolute Gasteiger partial charge is 0.507 e. The number of piperazine rings is 1. The topological polar surface area (TPSA) is 190 Å². The van der Waals surface area contributed by atoms with E-state index in [0.29, 0.717) is 43.1 Å². The monoisotopic (exact) mass is 755 g/mol. The lowest BCUT2D eigenvalue weighted by Gasteiger charge is -2.38. The summed E-state index contributed by atoms with van der Waals surface area (Å²) in [6, 6.07) is 14.7. The average molecular weight is 756 g/mol. The SMILES string of the molecule is Cc1ncsc1-c1ccc([C@H](C)NC(=O)[C@@H]2C[C@@H](O)CN2C(=O)[C@@H](NCC(=O)N2CCN(c3cc(-c4ccccc4O)nnc3N)CC2)C(C)(C)C)cc1. The zero-order chi connectivity index (χ0) is 38.7. The van der Waals surface area contributed by atoms with Crippen LogP contribution in [0.2, 0.25) is 0 Å². The van der Waals surface area contributed by atoms with Crippen LogP contribution >= 0.6 is 11.3 Å². The molecule has 4 atom stereocenters. The lowest BCUT2D eigenvalue weighted by molar-refractivity contribution is -0.143. The highest BCUT2D eigenvalue weighted by atomic mass is 32.1. The summed E-state index contributed by atoms with van der Waals surface area (Å²) in [5.41, 5.74) is 12.1. The number of benzene rings is 2. The van der Waals surface area contributed by atoms with E-state index < -0.39 is 23.6 Å². The number of likely N-dealkylation sites (tertiary alicyclic amines) is 1. The molecular weight excluding hydrogens is 707 g/mol. The van der Waals surface area contributed by atoms with E-state index in [4.69, 9.17) is 5.73 Å². The Morgan fingerprint density at radius 2 is 1.74 bits per heavy atom. The first kappa shape index (κ1) is 38.6. The summed E-state index contributed by atoms with van der Waals surface area (Å²) in [6.45, 7) is 11.4. The molecular formula is C39H49N9O5S. The van der Waals surface area contributed by atoms with Gasteiger partial charge in [0.05, 0.1) is 52.2 Å². The summed E-state index contributed by atoms with van der Waals surface area (Å²) >= 11 is 1.58. The number of aryl methyl sites for hydroxylation is 1. The number of phenolic OH excluding ortho intramolecular Hbond substituents is 1. The number of aliphatic hydroxyl groups is 1. The number of nitrogens with two attached hydrogens (primary N) is 1. The number of phenols is 1. The Morgan fingerprint density at radius 3 is 2.39 bits per heavy atom. The molecule has 4 heterocycles. The number of aromatic nitrogens is 3. The van der Waals surface area contributed by atoms with Crippen molar-refractivity contribution in [1.29, 1.82) is 0 Å². The molecule has 3 amide bonds. The fraction of sp³-hybridized carbons (Fsp3) is 0.436. The Kier molecular flexibility index (Phi) is 11.5. The number of hydrogen-bond acceptors (Lipinski definition) is 12. The van der Waals surface area contributed by atoms with Crippen LogP contribution in [-0.4, -0.2) is 110 Å². The number of thiazole rings is 1. The number of para-hydroxylation sites is 1. The van der Waals surface area contributed by atoms with Crippen molar-refractivity contribution in [2.75, 3.05) is 49.9 Å². The molecule has 6 rings (SSSR count). The molecule has 0 unspecified atom stereocenters. The van der Waals surface area contributed by atoms with Crippen molar-refractivity contribution < 1.29 is 24.6 Å². The summed E-state index contributed by atoms with van der Waals surface area (Å²) in [7, 11) is 0. The number of nitrogens with zero attached hydrogens (tertiary/aromatic N) is 6. The molecule has 14 nitrogen and oxygen atoms in total. The van der Waals surface area contributed by atoms with Crippen molar-refractivity contribution in [2.24, 2.45) is 5.41 Å². The molecule has 2 aliphatic heterocycles. The molecule has 2 aliphatic rings. The number of aromatic hydroxyl groups is 1. The summed E-state index contributed by atoms with van der Waals surface area (Å²) in [5, 5.41) is 35.5. The van der Waals surface area contributed by atoms with Crippen molar-refractivity contribution in [1.82, 2.24) is 35.6 Å². The minimum atomic E-state index is -0.856. The standard InChI is InChI=1S/C39H49N9O5S/c1-23(25-10-12-26(13-11-25)34-24(2)42-22-54-34)43-37(52)31-18-27(49)21-48(31)38(53)35(39(3,4)5)41-20-33(51)47-16-14-46(15-17-47)30-19-29(44-45-36(30)40)28-8-6-7-9-32(28)50/h6-13,19,22-23,27,31,35,41,49-50H,14-18,20-21H2,1-5H3,(H2,40,45)(H,43,52)/t23-,27+,31-,35+/m0/s1. The molecule has 286 valence electrons. The molecule has 2 aromatic carbocycles. The lowest BCUT2D eigenvalue weighted by Crippen LogP contribution is -2.58. The van der Waals surface area contributed by atoms with Gasteiger partial charge in [0.15, 0.2) is 5.82 Å². The molecule has 0 saturated carbocycles. The van der Waals surface area contributed by atoms with E-state index in [-0.39, 0.29) is 54.8 Å². The third kappa shape index (κ3) is 8.48. The maximum Gasteiger partial charge on any atom is 0.243 e. The fourth-order valence-electron chi connectivity index (χ4n) is 7.10. The van der Waals surface area contributed by atoms with E-state index in [2.05, 4.69) is 25.8 Å². The van der Waals surface area contributed by atoms with E-state index in [9.17, 15) is 24.6 Å². The van der Waals surface area contributed by atoms with Gasteiger partial charge in [-0.05, 0) is 48.6 Å².